The van der Waals surface area contributed by atoms with E-state index in [1.54, 1.807) is 15.9 Å². The molecule has 0 amide bonds. The van der Waals surface area contributed by atoms with Crippen LogP contribution in [0.2, 0.25) is 0 Å². The zero-order valence-electron chi connectivity index (χ0n) is 9.34. The monoisotopic (exact) mass is 298 g/mol. The Balaban J connectivity index is 2.33. The average Bonchev–Trinajstić information content (AvgIpc) is 2.94. The molecule has 3 heterocycles. The molecular formula is C11H8Cl2N4S. The summed E-state index contributed by atoms with van der Waals surface area (Å²) in [6.45, 7) is 1.91. The standard InChI is InChI=1S/C11H8Cl2N4S/c1-6-5-8-14-10(9(12)13)15-11(17(8)16-6)7-3-2-4-18-7/h2-5,9H,1H3. The second-order valence-electron chi connectivity index (χ2n) is 3.74. The van der Waals surface area contributed by atoms with Crippen molar-refractivity contribution in [1.29, 1.82) is 0 Å². The van der Waals surface area contributed by atoms with Gasteiger partial charge in [0.15, 0.2) is 22.1 Å². The smallest absolute Gasteiger partial charge is 0.175 e. The lowest BCUT2D eigenvalue weighted by Crippen LogP contribution is -2.04. The number of hydrogen-bond donors (Lipinski definition) is 0. The van der Waals surface area contributed by atoms with E-state index in [4.69, 9.17) is 23.2 Å². The van der Waals surface area contributed by atoms with E-state index in [-0.39, 0.29) is 0 Å². The third kappa shape index (κ3) is 1.98. The normalized spacial score (nSPS) is 11.6. The van der Waals surface area contributed by atoms with E-state index in [0.29, 0.717) is 17.3 Å². The van der Waals surface area contributed by atoms with Crippen LogP contribution in [0.25, 0.3) is 16.3 Å². The lowest BCUT2D eigenvalue weighted by Gasteiger charge is -2.05. The number of hydrogen-bond acceptors (Lipinski definition) is 4. The van der Waals surface area contributed by atoms with Crippen LogP contribution >= 0.6 is 34.5 Å². The Morgan fingerprint density at radius 1 is 1.33 bits per heavy atom. The van der Waals surface area contributed by atoms with Crippen LogP contribution in [0.5, 0.6) is 0 Å². The molecule has 0 unspecified atom stereocenters. The predicted octanol–water partition coefficient (Wildman–Crippen LogP) is 3.64. The molecule has 0 bridgehead atoms. The van der Waals surface area contributed by atoms with Gasteiger partial charge in [-0.2, -0.15) is 9.61 Å². The van der Waals surface area contributed by atoms with E-state index in [9.17, 15) is 0 Å². The van der Waals surface area contributed by atoms with Crippen LogP contribution in [0.3, 0.4) is 0 Å². The molecule has 0 aliphatic carbocycles. The number of rotatable bonds is 2. The molecule has 0 atom stereocenters. The predicted molar refractivity (Wildman–Crippen MR) is 73.3 cm³/mol. The third-order valence-electron chi connectivity index (χ3n) is 2.40. The second kappa shape index (κ2) is 4.50. The maximum Gasteiger partial charge on any atom is 0.175 e. The molecule has 92 valence electrons. The molecule has 3 rings (SSSR count). The molecular weight excluding hydrogens is 291 g/mol. The van der Waals surface area contributed by atoms with E-state index in [2.05, 4.69) is 15.1 Å². The number of fused-ring (bicyclic) bond motifs is 1. The Kier molecular flexibility index (Phi) is 2.97. The topological polar surface area (TPSA) is 43.1 Å². The Morgan fingerprint density at radius 3 is 2.83 bits per heavy atom. The SMILES string of the molecule is Cc1cc2nc(C(Cl)Cl)nc(-c3cccs3)n2n1. The fourth-order valence-corrected chi connectivity index (χ4v) is 2.58. The summed E-state index contributed by atoms with van der Waals surface area (Å²) in [5, 5.41) is 6.37. The molecule has 3 aromatic heterocycles. The summed E-state index contributed by atoms with van der Waals surface area (Å²) in [5.41, 5.74) is 1.58. The molecule has 0 radical (unpaired) electrons. The summed E-state index contributed by atoms with van der Waals surface area (Å²) in [5.74, 6) is 1.11. The molecule has 0 aliphatic rings. The Hall–Kier alpha value is -1.17. The number of thiophene rings is 1. The molecule has 4 nitrogen and oxygen atoms in total. The highest BCUT2D eigenvalue weighted by Crippen LogP contribution is 2.27. The highest BCUT2D eigenvalue weighted by Gasteiger charge is 2.15. The lowest BCUT2D eigenvalue weighted by atomic mass is 10.4. The van der Waals surface area contributed by atoms with Crippen molar-refractivity contribution in [2.24, 2.45) is 0 Å². The zero-order chi connectivity index (χ0) is 12.7. The Morgan fingerprint density at radius 2 is 2.17 bits per heavy atom. The molecule has 0 saturated heterocycles. The molecule has 7 heteroatoms. The van der Waals surface area contributed by atoms with Crippen molar-refractivity contribution in [3.05, 3.63) is 35.1 Å². The van der Waals surface area contributed by atoms with Crippen LogP contribution in [0.1, 0.15) is 16.4 Å². The van der Waals surface area contributed by atoms with Gasteiger partial charge >= 0.3 is 0 Å². The van der Waals surface area contributed by atoms with Crippen LogP contribution in [-0.2, 0) is 0 Å². The van der Waals surface area contributed by atoms with Crippen molar-refractivity contribution in [3.8, 4) is 10.7 Å². The molecule has 0 fully saturated rings. The van der Waals surface area contributed by atoms with Crippen LogP contribution < -0.4 is 0 Å². The van der Waals surface area contributed by atoms with E-state index in [1.165, 1.54) is 0 Å². The van der Waals surface area contributed by atoms with Crippen LogP contribution in [0.15, 0.2) is 23.6 Å². The van der Waals surface area contributed by atoms with Gasteiger partial charge < -0.3 is 0 Å². The van der Waals surface area contributed by atoms with Gasteiger partial charge in [-0.3, -0.25) is 0 Å². The lowest BCUT2D eigenvalue weighted by molar-refractivity contribution is 0.863. The van der Waals surface area contributed by atoms with Gasteiger partial charge in [-0.1, -0.05) is 29.3 Å². The van der Waals surface area contributed by atoms with Gasteiger partial charge in [0.25, 0.3) is 0 Å². The largest absolute Gasteiger partial charge is 0.211 e. The minimum atomic E-state index is -0.746. The minimum Gasteiger partial charge on any atom is -0.211 e. The van der Waals surface area contributed by atoms with Crippen molar-refractivity contribution in [2.75, 3.05) is 0 Å². The fourth-order valence-electron chi connectivity index (χ4n) is 1.68. The molecule has 0 aliphatic heterocycles. The first-order valence-corrected chi connectivity index (χ1v) is 6.97. The highest BCUT2D eigenvalue weighted by atomic mass is 35.5. The summed E-state index contributed by atoms with van der Waals surface area (Å²) in [7, 11) is 0. The van der Waals surface area contributed by atoms with E-state index >= 15 is 0 Å². The van der Waals surface area contributed by atoms with Gasteiger partial charge in [0.05, 0.1) is 10.6 Å². The van der Waals surface area contributed by atoms with Crippen molar-refractivity contribution in [3.63, 3.8) is 0 Å². The Bertz CT molecular complexity index is 690. The summed E-state index contributed by atoms with van der Waals surface area (Å²) >= 11 is 13.3. The van der Waals surface area contributed by atoms with Crippen LogP contribution in [-0.4, -0.2) is 19.6 Å². The molecule has 0 aromatic carbocycles. The molecule has 0 spiro atoms. The highest BCUT2D eigenvalue weighted by molar-refractivity contribution is 7.13. The first-order valence-electron chi connectivity index (χ1n) is 5.21. The van der Waals surface area contributed by atoms with E-state index in [0.717, 1.165) is 10.6 Å². The summed E-state index contributed by atoms with van der Waals surface area (Å²) in [6, 6.07) is 5.81. The maximum absolute atomic E-state index is 5.86. The average molecular weight is 299 g/mol. The van der Waals surface area contributed by atoms with Crippen molar-refractivity contribution >= 4 is 40.2 Å². The van der Waals surface area contributed by atoms with Gasteiger partial charge in [0.1, 0.15) is 0 Å². The van der Waals surface area contributed by atoms with Gasteiger partial charge in [-0.25, -0.2) is 9.97 Å². The number of aryl methyl sites for hydroxylation is 1. The van der Waals surface area contributed by atoms with Gasteiger partial charge in [-0.15, -0.1) is 11.3 Å². The number of aromatic nitrogens is 4. The van der Waals surface area contributed by atoms with E-state index < -0.39 is 4.84 Å². The molecule has 18 heavy (non-hydrogen) atoms. The quantitative estimate of drug-likeness (QED) is 0.679. The summed E-state index contributed by atoms with van der Waals surface area (Å²) in [6.07, 6.45) is 0. The summed E-state index contributed by atoms with van der Waals surface area (Å²) < 4.78 is 1.71. The second-order valence-corrected chi connectivity index (χ2v) is 5.78. The number of nitrogens with zero attached hydrogens (tertiary/aromatic N) is 4. The first-order chi connectivity index (χ1) is 8.65. The number of alkyl halides is 2. The van der Waals surface area contributed by atoms with Gasteiger partial charge in [0, 0.05) is 6.07 Å². The number of halogens is 2. The molecule has 0 saturated carbocycles. The van der Waals surface area contributed by atoms with Crippen molar-refractivity contribution in [1.82, 2.24) is 19.6 Å². The fraction of sp³-hybridized carbons (Fsp3) is 0.182. The Labute approximate surface area is 117 Å². The van der Waals surface area contributed by atoms with Gasteiger partial charge in [0.2, 0.25) is 0 Å². The van der Waals surface area contributed by atoms with Crippen molar-refractivity contribution in [2.45, 2.75) is 11.8 Å². The van der Waals surface area contributed by atoms with Crippen LogP contribution in [0.4, 0.5) is 0 Å². The first kappa shape index (κ1) is 11.9. The molecule has 0 N–H and O–H groups in total. The minimum absolute atomic E-state index is 0.397. The molecule has 3 aromatic rings. The van der Waals surface area contributed by atoms with Crippen LogP contribution in [0, 0.1) is 6.92 Å². The summed E-state index contributed by atoms with van der Waals surface area (Å²) in [4.78, 5) is 8.94. The van der Waals surface area contributed by atoms with Gasteiger partial charge in [-0.05, 0) is 18.4 Å². The third-order valence-corrected chi connectivity index (χ3v) is 3.66. The van der Waals surface area contributed by atoms with Crippen molar-refractivity contribution < 1.29 is 0 Å². The van der Waals surface area contributed by atoms with E-state index in [1.807, 2.05) is 30.5 Å². The zero-order valence-corrected chi connectivity index (χ0v) is 11.7. The maximum atomic E-state index is 5.86.